The number of H-pyrrole nitrogens is 1. The minimum Gasteiger partial charge on any atom is -0.346 e. The Morgan fingerprint density at radius 1 is 1.48 bits per heavy atom. The van der Waals surface area contributed by atoms with Gasteiger partial charge in [-0.05, 0) is 44.1 Å². The van der Waals surface area contributed by atoms with Gasteiger partial charge in [0.25, 0.3) is 5.91 Å². The number of allylic oxidation sites excluding steroid dienone is 3. The van der Waals surface area contributed by atoms with Crippen molar-refractivity contribution < 1.29 is 4.79 Å². The van der Waals surface area contributed by atoms with E-state index in [0.717, 1.165) is 28.4 Å². The van der Waals surface area contributed by atoms with E-state index in [-0.39, 0.29) is 11.9 Å². The highest BCUT2D eigenvalue weighted by atomic mass is 35.5. The summed E-state index contributed by atoms with van der Waals surface area (Å²) < 4.78 is 0. The Labute approximate surface area is 127 Å². The molecule has 0 saturated carbocycles. The Hall–Kier alpha value is -2.07. The van der Waals surface area contributed by atoms with Crippen LogP contribution in [0.1, 0.15) is 29.5 Å². The van der Waals surface area contributed by atoms with Crippen LogP contribution in [0.2, 0.25) is 0 Å². The highest BCUT2D eigenvalue weighted by molar-refractivity contribution is 6.31. The second-order valence-electron chi connectivity index (χ2n) is 5.23. The van der Waals surface area contributed by atoms with Gasteiger partial charge in [0.05, 0.1) is 11.1 Å². The highest BCUT2D eigenvalue weighted by Crippen LogP contribution is 2.23. The van der Waals surface area contributed by atoms with Gasteiger partial charge < -0.3 is 10.3 Å². The summed E-state index contributed by atoms with van der Waals surface area (Å²) in [7, 11) is 0. The number of nitrogens with zero attached hydrogens (tertiary/aromatic N) is 1. The summed E-state index contributed by atoms with van der Waals surface area (Å²) in [5, 5.41) is 3.74. The van der Waals surface area contributed by atoms with Gasteiger partial charge in [0.2, 0.25) is 0 Å². The van der Waals surface area contributed by atoms with Gasteiger partial charge in [-0.25, -0.2) is 4.98 Å². The third kappa shape index (κ3) is 2.72. The molecular weight excluding hydrogens is 286 g/mol. The van der Waals surface area contributed by atoms with Crippen LogP contribution >= 0.6 is 11.6 Å². The first kappa shape index (κ1) is 13.9. The number of carbonyl (C=O) groups excluding carboxylic acids is 1. The van der Waals surface area contributed by atoms with Gasteiger partial charge in [0.1, 0.15) is 11.3 Å². The number of aromatic amines is 1. The number of halogens is 1. The molecule has 0 radical (unpaired) electrons. The summed E-state index contributed by atoms with van der Waals surface area (Å²) in [6.45, 7) is 3.84. The summed E-state index contributed by atoms with van der Waals surface area (Å²) in [5.74, 6) is 0.677. The molecule has 0 saturated heterocycles. The number of rotatable bonds is 3. The van der Waals surface area contributed by atoms with Crippen LogP contribution in [-0.4, -0.2) is 21.9 Å². The number of benzene rings is 1. The van der Waals surface area contributed by atoms with Crippen LogP contribution in [0, 0.1) is 6.92 Å². The Kier molecular flexibility index (Phi) is 3.55. The minimum absolute atomic E-state index is 0.0553. The van der Waals surface area contributed by atoms with Gasteiger partial charge in [-0.15, -0.1) is 0 Å². The van der Waals surface area contributed by atoms with Crippen molar-refractivity contribution in [2.75, 3.05) is 0 Å². The molecule has 1 heterocycles. The molecule has 1 aliphatic rings. The van der Waals surface area contributed by atoms with Crippen LogP contribution < -0.4 is 5.32 Å². The van der Waals surface area contributed by atoms with E-state index in [1.165, 1.54) is 0 Å². The molecule has 2 aromatic rings. The zero-order valence-corrected chi connectivity index (χ0v) is 12.7. The average molecular weight is 302 g/mol. The number of amides is 1. The largest absolute Gasteiger partial charge is 0.346 e. The normalized spacial score (nSPS) is 15.8. The third-order valence-electron chi connectivity index (χ3n) is 3.64. The number of hydrogen-bond donors (Lipinski definition) is 2. The minimum atomic E-state index is -0.122. The number of fused-ring (bicyclic) bond motifs is 1. The van der Waals surface area contributed by atoms with Crippen LogP contribution in [0.5, 0.6) is 0 Å². The molecule has 108 valence electrons. The summed E-state index contributed by atoms with van der Waals surface area (Å²) >= 11 is 5.94. The number of nitrogens with one attached hydrogen (secondary N) is 2. The van der Waals surface area contributed by atoms with Gasteiger partial charge in [0, 0.05) is 11.1 Å². The molecule has 1 aromatic heterocycles. The maximum Gasteiger partial charge on any atom is 0.254 e. The summed E-state index contributed by atoms with van der Waals surface area (Å²) in [6.07, 6.45) is 4.63. The Bertz CT molecular complexity index is 773. The first-order valence-electron chi connectivity index (χ1n) is 6.87. The van der Waals surface area contributed by atoms with E-state index in [9.17, 15) is 4.79 Å². The molecule has 1 aromatic carbocycles. The summed E-state index contributed by atoms with van der Waals surface area (Å²) in [4.78, 5) is 20.0. The fraction of sp³-hybridized carbons (Fsp3) is 0.250. The van der Waals surface area contributed by atoms with E-state index in [1.54, 1.807) is 6.07 Å². The lowest BCUT2D eigenvalue weighted by atomic mass is 10.1. The van der Waals surface area contributed by atoms with Crippen molar-refractivity contribution in [3.8, 4) is 0 Å². The maximum absolute atomic E-state index is 12.5. The molecule has 0 aliphatic heterocycles. The molecule has 3 rings (SSSR count). The molecule has 1 unspecified atom stereocenters. The van der Waals surface area contributed by atoms with Crippen molar-refractivity contribution in [3.05, 3.63) is 52.3 Å². The lowest BCUT2D eigenvalue weighted by Gasteiger charge is -2.15. The van der Waals surface area contributed by atoms with E-state index in [4.69, 9.17) is 11.6 Å². The molecule has 0 spiro atoms. The van der Waals surface area contributed by atoms with Crippen molar-refractivity contribution in [1.82, 2.24) is 15.3 Å². The van der Waals surface area contributed by atoms with Gasteiger partial charge in [-0.3, -0.25) is 4.79 Å². The third-order valence-corrected chi connectivity index (χ3v) is 3.90. The number of aryl methyl sites for hydroxylation is 1. The quantitative estimate of drug-likeness (QED) is 0.912. The lowest BCUT2D eigenvalue weighted by Crippen LogP contribution is -2.33. The zero-order chi connectivity index (χ0) is 15.0. The van der Waals surface area contributed by atoms with Crippen LogP contribution in [0.25, 0.3) is 11.0 Å². The predicted octanol–water partition coefficient (Wildman–Crippen LogP) is 3.44. The van der Waals surface area contributed by atoms with E-state index in [1.807, 2.05) is 38.1 Å². The standard InChI is InChI=1S/C16H16ClN3O/c1-9(11-6-7-12(17)8-11)18-16(21)13-4-3-5-14-15(13)20-10(2)19-14/h3-5,7-9H,6H2,1-2H3,(H,18,21)(H,19,20). The second kappa shape index (κ2) is 5.37. The number of para-hydroxylation sites is 1. The van der Waals surface area contributed by atoms with Crippen molar-refractivity contribution in [2.24, 2.45) is 0 Å². The number of imidazole rings is 1. The topological polar surface area (TPSA) is 57.8 Å². The van der Waals surface area contributed by atoms with Crippen LogP contribution in [0.3, 0.4) is 0 Å². The Morgan fingerprint density at radius 3 is 3.00 bits per heavy atom. The van der Waals surface area contributed by atoms with E-state index in [2.05, 4.69) is 15.3 Å². The zero-order valence-electron chi connectivity index (χ0n) is 11.9. The SMILES string of the molecule is Cc1nc2c(C(=O)NC(C)C3=CC(Cl)=CC3)cccc2[nH]1. The summed E-state index contributed by atoms with van der Waals surface area (Å²) in [5.41, 5.74) is 3.27. The van der Waals surface area contributed by atoms with Crippen LogP contribution in [0.15, 0.2) is 41.0 Å². The van der Waals surface area contributed by atoms with Crippen LogP contribution in [0.4, 0.5) is 0 Å². The maximum atomic E-state index is 12.5. The first-order chi connectivity index (χ1) is 10.0. The van der Waals surface area contributed by atoms with E-state index in [0.29, 0.717) is 11.1 Å². The molecule has 5 heteroatoms. The first-order valence-corrected chi connectivity index (χ1v) is 7.24. The van der Waals surface area contributed by atoms with Gasteiger partial charge in [-0.2, -0.15) is 0 Å². The molecule has 1 atom stereocenters. The van der Waals surface area contributed by atoms with Crippen molar-refractivity contribution in [1.29, 1.82) is 0 Å². The number of hydrogen-bond acceptors (Lipinski definition) is 2. The number of aromatic nitrogens is 2. The molecule has 2 N–H and O–H groups in total. The fourth-order valence-electron chi connectivity index (χ4n) is 2.52. The molecule has 0 fully saturated rings. The van der Waals surface area contributed by atoms with Gasteiger partial charge >= 0.3 is 0 Å². The predicted molar refractivity (Wildman–Crippen MR) is 84.4 cm³/mol. The Balaban J connectivity index is 1.83. The number of carbonyl (C=O) groups is 1. The molecule has 1 aliphatic carbocycles. The molecule has 4 nitrogen and oxygen atoms in total. The Morgan fingerprint density at radius 2 is 2.29 bits per heavy atom. The van der Waals surface area contributed by atoms with Crippen LogP contribution in [-0.2, 0) is 0 Å². The van der Waals surface area contributed by atoms with E-state index >= 15 is 0 Å². The highest BCUT2D eigenvalue weighted by Gasteiger charge is 2.18. The van der Waals surface area contributed by atoms with Crippen molar-refractivity contribution in [3.63, 3.8) is 0 Å². The lowest BCUT2D eigenvalue weighted by molar-refractivity contribution is 0.0946. The van der Waals surface area contributed by atoms with E-state index < -0.39 is 0 Å². The monoisotopic (exact) mass is 301 g/mol. The molecular formula is C16H16ClN3O. The molecule has 21 heavy (non-hydrogen) atoms. The molecule has 0 bridgehead atoms. The van der Waals surface area contributed by atoms with Gasteiger partial charge in [-0.1, -0.05) is 23.7 Å². The van der Waals surface area contributed by atoms with Crippen molar-refractivity contribution >= 4 is 28.5 Å². The average Bonchev–Trinajstić information content (AvgIpc) is 3.02. The van der Waals surface area contributed by atoms with Gasteiger partial charge in [0.15, 0.2) is 0 Å². The fourth-order valence-corrected chi connectivity index (χ4v) is 2.74. The summed E-state index contributed by atoms with van der Waals surface area (Å²) in [6, 6.07) is 5.50. The smallest absolute Gasteiger partial charge is 0.254 e. The molecule has 1 amide bonds. The second-order valence-corrected chi connectivity index (χ2v) is 5.67. The van der Waals surface area contributed by atoms with Crippen molar-refractivity contribution in [2.45, 2.75) is 26.3 Å².